The zero-order valence-corrected chi connectivity index (χ0v) is 13.4. The van der Waals surface area contributed by atoms with Gasteiger partial charge in [-0.25, -0.2) is 13.2 Å². The normalized spacial score (nSPS) is 11.2. The predicted molar refractivity (Wildman–Crippen MR) is 74.6 cm³/mol. The molecule has 0 aromatic rings. The Labute approximate surface area is 121 Å². The first-order valence-corrected chi connectivity index (χ1v) is 7.62. The fourth-order valence-electron chi connectivity index (χ4n) is 1.03. The van der Waals surface area contributed by atoms with Crippen LogP contribution in [-0.2, 0) is 24.1 Å². The Morgan fingerprint density at radius 2 is 1.90 bits per heavy atom. The van der Waals surface area contributed by atoms with E-state index in [-0.39, 0.29) is 12.6 Å². The first-order chi connectivity index (χ1) is 9.08. The van der Waals surface area contributed by atoms with Crippen molar-refractivity contribution in [1.82, 2.24) is 0 Å². The molecule has 0 spiro atoms. The van der Waals surface area contributed by atoms with Crippen LogP contribution in [0.5, 0.6) is 0 Å². The van der Waals surface area contributed by atoms with Crippen molar-refractivity contribution in [1.29, 1.82) is 0 Å². The summed E-state index contributed by atoms with van der Waals surface area (Å²) in [4.78, 5) is 10.7. The van der Waals surface area contributed by atoms with Gasteiger partial charge in [0, 0.05) is 12.5 Å². The Kier molecular flexibility index (Phi) is 11.5. The lowest BCUT2D eigenvalue weighted by Crippen LogP contribution is -2.40. The molecule has 0 saturated heterocycles. The highest BCUT2D eigenvalue weighted by Gasteiger charge is 2.10. The largest absolute Gasteiger partial charge is 0.726 e. The third kappa shape index (κ3) is 17.0. The lowest BCUT2D eigenvalue weighted by molar-refractivity contribution is -0.888. The summed E-state index contributed by atoms with van der Waals surface area (Å²) in [5, 5.41) is 0. The maximum absolute atomic E-state index is 10.7. The number of quaternary nitrogens is 1. The molecule has 0 heterocycles. The van der Waals surface area contributed by atoms with Gasteiger partial charge in [0.1, 0.15) is 0 Å². The van der Waals surface area contributed by atoms with Crippen LogP contribution >= 0.6 is 0 Å². The lowest BCUT2D eigenvalue weighted by Gasteiger charge is -2.27. The average molecular weight is 311 g/mol. The van der Waals surface area contributed by atoms with E-state index in [4.69, 9.17) is 4.74 Å². The van der Waals surface area contributed by atoms with Gasteiger partial charge in [0.2, 0.25) is 10.4 Å². The van der Waals surface area contributed by atoms with Crippen LogP contribution in [0.4, 0.5) is 0 Å². The van der Waals surface area contributed by atoms with E-state index < -0.39 is 10.4 Å². The molecule has 0 aromatic heterocycles. The van der Waals surface area contributed by atoms with E-state index in [0.29, 0.717) is 6.61 Å². The molecular weight excluding hydrogens is 286 g/mol. The fourth-order valence-corrected chi connectivity index (χ4v) is 1.32. The average Bonchev–Trinajstić information content (AvgIpc) is 2.33. The van der Waals surface area contributed by atoms with Crippen molar-refractivity contribution in [3.05, 3.63) is 12.7 Å². The van der Waals surface area contributed by atoms with Gasteiger partial charge in [0.25, 0.3) is 0 Å². The summed E-state index contributed by atoms with van der Waals surface area (Å²) in [6, 6.07) is 0. The number of nitrogens with zero attached hydrogens (tertiary/aromatic N) is 1. The van der Waals surface area contributed by atoms with Gasteiger partial charge in [-0.3, -0.25) is 4.18 Å². The second-order valence-corrected chi connectivity index (χ2v) is 5.57. The highest BCUT2D eigenvalue weighted by Crippen LogP contribution is 1.98. The predicted octanol–water partition coefficient (Wildman–Crippen LogP) is 0.685. The van der Waals surface area contributed by atoms with Crippen molar-refractivity contribution in [2.45, 2.75) is 20.3 Å². The SMILES string of the molecule is C=CC(=O)OCCC[N+](C)(C)CC.CCOS(=O)(=O)[O-]. The Bertz CT molecular complexity index is 377. The molecule has 0 aliphatic carbocycles. The quantitative estimate of drug-likeness (QED) is 0.163. The van der Waals surface area contributed by atoms with Gasteiger partial charge in [-0.2, -0.15) is 0 Å². The van der Waals surface area contributed by atoms with Gasteiger partial charge in [-0.15, -0.1) is 0 Å². The maximum Gasteiger partial charge on any atom is 0.330 e. The van der Waals surface area contributed by atoms with E-state index in [1.165, 1.54) is 13.0 Å². The Morgan fingerprint density at radius 1 is 1.35 bits per heavy atom. The molecule has 0 fully saturated rings. The standard InChI is InChI=1S/C10H20NO2.C2H6O4S/c1-5-10(12)13-9-7-8-11(3,4)6-2;1-2-6-7(3,4)5/h5H,1,6-9H2,2-4H3;2H2,1H3,(H,3,4,5)/q+1;/p-1. The van der Waals surface area contributed by atoms with Crippen LogP contribution in [0.25, 0.3) is 0 Å². The van der Waals surface area contributed by atoms with E-state index in [0.717, 1.165) is 24.0 Å². The van der Waals surface area contributed by atoms with Gasteiger partial charge in [0.15, 0.2) is 0 Å². The highest BCUT2D eigenvalue weighted by atomic mass is 32.3. The van der Waals surface area contributed by atoms with Crippen LogP contribution in [0.1, 0.15) is 20.3 Å². The van der Waals surface area contributed by atoms with Gasteiger partial charge in [0.05, 0.1) is 40.4 Å². The van der Waals surface area contributed by atoms with Crippen molar-refractivity contribution < 1.29 is 31.2 Å². The van der Waals surface area contributed by atoms with Crippen LogP contribution in [0.3, 0.4) is 0 Å². The molecule has 0 bridgehead atoms. The third-order valence-electron chi connectivity index (χ3n) is 2.44. The van der Waals surface area contributed by atoms with Crippen molar-refractivity contribution >= 4 is 16.4 Å². The summed E-state index contributed by atoms with van der Waals surface area (Å²) in [5.41, 5.74) is 0. The monoisotopic (exact) mass is 311 g/mol. The zero-order chi connectivity index (χ0) is 16.2. The molecule has 0 saturated carbocycles. The topological polar surface area (TPSA) is 92.7 Å². The van der Waals surface area contributed by atoms with Crippen LogP contribution in [0.15, 0.2) is 12.7 Å². The summed E-state index contributed by atoms with van der Waals surface area (Å²) in [6.45, 7) is 9.42. The molecule has 0 radical (unpaired) electrons. The minimum Gasteiger partial charge on any atom is -0.726 e. The van der Waals surface area contributed by atoms with Crippen molar-refractivity contribution in [2.75, 3.05) is 40.4 Å². The highest BCUT2D eigenvalue weighted by molar-refractivity contribution is 7.80. The number of esters is 1. The molecule has 7 nitrogen and oxygen atoms in total. The van der Waals surface area contributed by atoms with Crippen LogP contribution in [-0.4, -0.2) is 63.8 Å². The van der Waals surface area contributed by atoms with Crippen molar-refractivity contribution in [3.63, 3.8) is 0 Å². The van der Waals surface area contributed by atoms with Crippen LogP contribution < -0.4 is 0 Å². The molecule has 0 amide bonds. The molecule has 120 valence electrons. The summed E-state index contributed by atoms with van der Waals surface area (Å²) in [7, 11) is -0.100. The molecule has 8 heteroatoms. The molecular formula is C12H25NO6S. The van der Waals surface area contributed by atoms with E-state index in [2.05, 4.69) is 31.8 Å². The zero-order valence-electron chi connectivity index (χ0n) is 12.6. The summed E-state index contributed by atoms with van der Waals surface area (Å²) in [5.74, 6) is -0.332. The smallest absolute Gasteiger partial charge is 0.330 e. The number of carbonyl (C=O) groups excluding carboxylic acids is 1. The van der Waals surface area contributed by atoms with Gasteiger partial charge < -0.3 is 13.8 Å². The fraction of sp³-hybridized carbons (Fsp3) is 0.750. The molecule has 0 N–H and O–H groups in total. The van der Waals surface area contributed by atoms with Gasteiger partial charge in [-0.1, -0.05) is 6.58 Å². The summed E-state index contributed by atoms with van der Waals surface area (Å²) in [6.07, 6.45) is 2.10. The summed E-state index contributed by atoms with van der Waals surface area (Å²) >= 11 is 0. The van der Waals surface area contributed by atoms with E-state index in [9.17, 15) is 17.8 Å². The Morgan fingerprint density at radius 3 is 2.20 bits per heavy atom. The lowest BCUT2D eigenvalue weighted by atomic mass is 10.3. The number of ether oxygens (including phenoxy) is 1. The first kappa shape index (κ1) is 21.3. The molecule has 0 aliphatic rings. The number of hydrogen-bond acceptors (Lipinski definition) is 6. The molecule has 20 heavy (non-hydrogen) atoms. The second-order valence-electron chi connectivity index (χ2n) is 4.52. The van der Waals surface area contributed by atoms with Gasteiger partial charge >= 0.3 is 5.97 Å². The molecule has 0 unspecified atom stereocenters. The van der Waals surface area contributed by atoms with E-state index in [1.807, 2.05) is 0 Å². The van der Waals surface area contributed by atoms with Crippen LogP contribution in [0.2, 0.25) is 0 Å². The molecule has 0 rings (SSSR count). The van der Waals surface area contributed by atoms with Gasteiger partial charge in [-0.05, 0) is 13.8 Å². The minimum absolute atomic E-state index is 0.0914. The number of carbonyl (C=O) groups is 1. The van der Waals surface area contributed by atoms with Crippen LogP contribution in [0, 0.1) is 0 Å². The molecule has 0 aliphatic heterocycles. The Hall–Kier alpha value is -0.960. The minimum atomic E-state index is -4.42. The van der Waals surface area contributed by atoms with E-state index in [1.54, 1.807) is 0 Å². The third-order valence-corrected chi connectivity index (χ3v) is 2.96. The van der Waals surface area contributed by atoms with Crippen molar-refractivity contribution in [3.8, 4) is 0 Å². The second kappa shape index (κ2) is 10.8. The molecule has 0 aromatic carbocycles. The molecule has 0 atom stereocenters. The maximum atomic E-state index is 10.7. The Balaban J connectivity index is 0. The van der Waals surface area contributed by atoms with Crippen molar-refractivity contribution in [2.24, 2.45) is 0 Å². The summed E-state index contributed by atoms with van der Waals surface area (Å²) < 4.78 is 37.8. The number of hydrogen-bond donors (Lipinski definition) is 0. The number of rotatable bonds is 8. The van der Waals surface area contributed by atoms with E-state index >= 15 is 0 Å². The first-order valence-electron chi connectivity index (χ1n) is 6.29.